The zero-order valence-electron chi connectivity index (χ0n) is 16.2. The average molecular weight is 405 g/mol. The molecule has 1 fully saturated rings. The summed E-state index contributed by atoms with van der Waals surface area (Å²) in [5, 5.41) is 5.30. The second kappa shape index (κ2) is 9.96. The number of benzene rings is 1. The molecule has 1 heterocycles. The number of anilines is 1. The van der Waals surface area contributed by atoms with Crippen molar-refractivity contribution in [1.82, 2.24) is 5.32 Å². The molecule has 2 aliphatic rings. The first-order valence-electron chi connectivity index (χ1n) is 10.1. The smallest absolute Gasteiger partial charge is 0.308 e. The molecule has 2 unspecified atom stereocenters. The lowest BCUT2D eigenvalue weighted by molar-refractivity contribution is -0.157. The summed E-state index contributed by atoms with van der Waals surface area (Å²) < 4.78 is 5.52. The highest BCUT2D eigenvalue weighted by Gasteiger charge is 2.32. The van der Waals surface area contributed by atoms with Gasteiger partial charge in [-0.25, -0.2) is 0 Å². The topological polar surface area (TPSA) is 84.5 Å². The summed E-state index contributed by atoms with van der Waals surface area (Å²) >= 11 is 1.36. The summed E-state index contributed by atoms with van der Waals surface area (Å²) in [6, 6.07) is 7.69. The third kappa shape index (κ3) is 5.50. The van der Waals surface area contributed by atoms with Gasteiger partial charge in [0.25, 0.3) is 5.91 Å². The molecule has 1 aliphatic carbocycles. The van der Waals surface area contributed by atoms with Crippen molar-refractivity contribution in [3.05, 3.63) is 24.3 Å². The number of hydrogen-bond acceptors (Lipinski definition) is 5. The summed E-state index contributed by atoms with van der Waals surface area (Å²) in [7, 11) is 0. The molecule has 0 aromatic heterocycles. The maximum atomic E-state index is 12.6. The molecule has 0 spiro atoms. The van der Waals surface area contributed by atoms with E-state index < -0.39 is 17.3 Å². The van der Waals surface area contributed by atoms with Gasteiger partial charge in [0, 0.05) is 10.9 Å². The molecule has 152 valence electrons. The van der Waals surface area contributed by atoms with Crippen LogP contribution in [0.3, 0.4) is 0 Å². The number of esters is 1. The summed E-state index contributed by atoms with van der Waals surface area (Å²) in [6.07, 6.45) is 5.62. The fourth-order valence-electron chi connectivity index (χ4n) is 3.58. The van der Waals surface area contributed by atoms with Crippen molar-refractivity contribution < 1.29 is 19.1 Å². The largest absolute Gasteiger partial charge is 0.452 e. The number of nitrogens with one attached hydrogen (secondary N) is 2. The van der Waals surface area contributed by atoms with Gasteiger partial charge in [0.05, 0.1) is 17.4 Å². The molecule has 0 bridgehead atoms. The van der Waals surface area contributed by atoms with E-state index in [0.29, 0.717) is 6.42 Å². The standard InChI is InChI=1S/C21H28N2O4S/c1-2-3-11-16(20(25)22-14-8-4-5-9-14)27-19(24)13-18-21(26)23-15-10-6-7-12-17(15)28-18/h6-7,10,12,14,16,18H,2-5,8-9,11,13H2,1H3,(H,22,25)(H,23,26). The van der Waals surface area contributed by atoms with Crippen LogP contribution in [0.2, 0.25) is 0 Å². The first kappa shape index (κ1) is 20.7. The fraction of sp³-hybridized carbons (Fsp3) is 0.571. The van der Waals surface area contributed by atoms with Gasteiger partial charge >= 0.3 is 5.97 Å². The van der Waals surface area contributed by atoms with Crippen molar-refractivity contribution in [2.24, 2.45) is 0 Å². The van der Waals surface area contributed by atoms with Crippen LogP contribution < -0.4 is 10.6 Å². The molecule has 3 rings (SSSR count). The molecular weight excluding hydrogens is 376 g/mol. The average Bonchev–Trinajstić information content (AvgIpc) is 3.18. The third-order valence-electron chi connectivity index (χ3n) is 5.15. The number of fused-ring (bicyclic) bond motifs is 1. The highest BCUT2D eigenvalue weighted by atomic mass is 32.2. The highest BCUT2D eigenvalue weighted by molar-refractivity contribution is 8.01. The lowest BCUT2D eigenvalue weighted by Gasteiger charge is -2.24. The molecule has 2 N–H and O–H groups in total. The number of rotatable bonds is 8. The molecule has 1 aliphatic heterocycles. The van der Waals surface area contributed by atoms with Crippen molar-refractivity contribution >= 4 is 35.2 Å². The Morgan fingerprint density at radius 1 is 1.29 bits per heavy atom. The van der Waals surface area contributed by atoms with Crippen LogP contribution in [0.4, 0.5) is 5.69 Å². The van der Waals surface area contributed by atoms with Gasteiger partial charge in [-0.05, 0) is 37.8 Å². The van der Waals surface area contributed by atoms with Crippen molar-refractivity contribution in [2.75, 3.05) is 5.32 Å². The fourth-order valence-corrected chi connectivity index (χ4v) is 4.68. The Kier molecular flexibility index (Phi) is 7.36. The maximum Gasteiger partial charge on any atom is 0.308 e. The van der Waals surface area contributed by atoms with Crippen LogP contribution in [0.5, 0.6) is 0 Å². The van der Waals surface area contributed by atoms with E-state index in [1.165, 1.54) is 11.8 Å². The van der Waals surface area contributed by atoms with Crippen LogP contribution in [-0.2, 0) is 19.1 Å². The number of carbonyl (C=O) groups excluding carboxylic acids is 3. The molecule has 1 saturated carbocycles. The van der Waals surface area contributed by atoms with Gasteiger partial charge in [0.15, 0.2) is 6.10 Å². The van der Waals surface area contributed by atoms with Crippen LogP contribution in [0.25, 0.3) is 0 Å². The lowest BCUT2D eigenvalue weighted by Crippen LogP contribution is -2.42. The van der Waals surface area contributed by atoms with Crippen LogP contribution in [0.15, 0.2) is 29.2 Å². The van der Waals surface area contributed by atoms with E-state index in [1.54, 1.807) is 0 Å². The maximum absolute atomic E-state index is 12.6. The zero-order valence-corrected chi connectivity index (χ0v) is 17.1. The number of carbonyl (C=O) groups is 3. The lowest BCUT2D eigenvalue weighted by atomic mass is 10.1. The van der Waals surface area contributed by atoms with E-state index in [0.717, 1.165) is 49.1 Å². The van der Waals surface area contributed by atoms with Gasteiger partial charge in [0.1, 0.15) is 0 Å². The van der Waals surface area contributed by atoms with Crippen molar-refractivity contribution in [3.8, 4) is 0 Å². The zero-order chi connectivity index (χ0) is 19.9. The highest BCUT2D eigenvalue weighted by Crippen LogP contribution is 2.36. The van der Waals surface area contributed by atoms with E-state index in [1.807, 2.05) is 31.2 Å². The summed E-state index contributed by atoms with van der Waals surface area (Å²) in [4.78, 5) is 38.3. The van der Waals surface area contributed by atoms with Crippen LogP contribution in [0.1, 0.15) is 58.3 Å². The van der Waals surface area contributed by atoms with Gasteiger partial charge in [-0.15, -0.1) is 11.8 Å². The van der Waals surface area contributed by atoms with Gasteiger partial charge in [-0.3, -0.25) is 14.4 Å². The van der Waals surface area contributed by atoms with E-state index >= 15 is 0 Å². The predicted octanol–water partition coefficient (Wildman–Crippen LogP) is 3.65. The SMILES string of the molecule is CCCCC(OC(=O)CC1Sc2ccccc2NC1=O)C(=O)NC1CCCC1. The molecular formula is C21H28N2O4S. The Morgan fingerprint density at radius 3 is 2.79 bits per heavy atom. The van der Waals surface area contributed by atoms with Gasteiger partial charge < -0.3 is 15.4 Å². The van der Waals surface area contributed by atoms with E-state index in [4.69, 9.17) is 4.74 Å². The van der Waals surface area contributed by atoms with Crippen LogP contribution in [0, 0.1) is 0 Å². The van der Waals surface area contributed by atoms with Gasteiger partial charge in [-0.2, -0.15) is 0 Å². The minimum atomic E-state index is -0.781. The Morgan fingerprint density at radius 2 is 2.04 bits per heavy atom. The molecule has 0 radical (unpaired) electrons. The first-order valence-corrected chi connectivity index (χ1v) is 11.0. The Labute approximate surface area is 170 Å². The number of unbranched alkanes of at least 4 members (excludes halogenated alkanes) is 1. The van der Waals surface area contributed by atoms with Crippen molar-refractivity contribution in [2.45, 2.75) is 80.6 Å². The van der Waals surface area contributed by atoms with Gasteiger partial charge in [0.2, 0.25) is 5.91 Å². The van der Waals surface area contributed by atoms with Crippen molar-refractivity contribution in [3.63, 3.8) is 0 Å². The Balaban J connectivity index is 1.56. The Bertz CT molecular complexity index is 718. The van der Waals surface area contributed by atoms with Gasteiger partial charge in [-0.1, -0.05) is 38.3 Å². The summed E-state index contributed by atoms with van der Waals surface area (Å²) in [5.41, 5.74) is 0.763. The predicted molar refractivity (Wildman–Crippen MR) is 109 cm³/mol. The van der Waals surface area contributed by atoms with E-state index in [-0.39, 0.29) is 24.3 Å². The number of thioether (sulfide) groups is 1. The molecule has 6 nitrogen and oxygen atoms in total. The summed E-state index contributed by atoms with van der Waals surface area (Å²) in [6.45, 7) is 2.04. The summed E-state index contributed by atoms with van der Waals surface area (Å²) in [5.74, 6) is -0.921. The molecule has 1 aromatic carbocycles. The minimum absolute atomic E-state index is 0.0514. The first-order chi connectivity index (χ1) is 13.6. The molecule has 0 saturated heterocycles. The minimum Gasteiger partial charge on any atom is -0.452 e. The quantitative estimate of drug-likeness (QED) is 0.646. The number of hydrogen-bond donors (Lipinski definition) is 2. The van der Waals surface area contributed by atoms with Crippen molar-refractivity contribution in [1.29, 1.82) is 0 Å². The number of para-hydroxylation sites is 1. The van der Waals surface area contributed by atoms with Crippen LogP contribution in [-0.4, -0.2) is 35.2 Å². The second-order valence-electron chi connectivity index (χ2n) is 7.41. The molecule has 28 heavy (non-hydrogen) atoms. The van der Waals surface area contributed by atoms with E-state index in [2.05, 4.69) is 10.6 Å². The molecule has 2 amide bonds. The molecule has 7 heteroatoms. The van der Waals surface area contributed by atoms with Crippen LogP contribution >= 0.6 is 11.8 Å². The Hall–Kier alpha value is -2.02. The second-order valence-corrected chi connectivity index (χ2v) is 8.65. The van der Waals surface area contributed by atoms with E-state index in [9.17, 15) is 14.4 Å². The third-order valence-corrected chi connectivity index (χ3v) is 6.42. The monoisotopic (exact) mass is 404 g/mol. The number of ether oxygens (including phenoxy) is 1. The number of amides is 2. The molecule has 2 atom stereocenters. The normalized spacial score (nSPS) is 20.2. The molecule has 1 aromatic rings.